The maximum Gasteiger partial charge on any atom is 0.141 e. The van der Waals surface area contributed by atoms with E-state index >= 15 is 0 Å². The van der Waals surface area contributed by atoms with Crippen molar-refractivity contribution in [1.29, 1.82) is 5.26 Å². The maximum absolute atomic E-state index is 14.0. The molecule has 1 atom stereocenters. The quantitative estimate of drug-likeness (QED) is 0.717. The molecule has 130 valence electrons. The second-order valence-corrected chi connectivity index (χ2v) is 7.27. The molecule has 0 spiro atoms. The van der Waals surface area contributed by atoms with E-state index in [1.165, 1.54) is 25.0 Å². The number of hydrogen-bond acceptors (Lipinski definition) is 2. The molecular formula is C21H22ClFN2. The monoisotopic (exact) mass is 356 g/mol. The minimum absolute atomic E-state index is 0.0513. The van der Waals surface area contributed by atoms with Crippen LogP contribution in [-0.2, 0) is 6.54 Å². The molecule has 1 saturated heterocycles. The molecule has 2 aromatic carbocycles. The lowest BCUT2D eigenvalue weighted by Crippen LogP contribution is -2.20. The highest BCUT2D eigenvalue weighted by Crippen LogP contribution is 2.34. The van der Waals surface area contributed by atoms with Crippen LogP contribution in [0.2, 0.25) is 5.02 Å². The fourth-order valence-corrected chi connectivity index (χ4v) is 3.85. The summed E-state index contributed by atoms with van der Waals surface area (Å²) in [6, 6.07) is 10.6. The summed E-state index contributed by atoms with van der Waals surface area (Å²) in [5.74, 6) is 0.264. The zero-order chi connectivity index (χ0) is 18.0. The first-order valence-corrected chi connectivity index (χ1v) is 9.11. The highest BCUT2D eigenvalue weighted by molar-refractivity contribution is 6.34. The van der Waals surface area contributed by atoms with E-state index in [9.17, 15) is 4.39 Å². The van der Waals surface area contributed by atoms with Crippen LogP contribution < -0.4 is 0 Å². The smallest absolute Gasteiger partial charge is 0.141 e. The lowest BCUT2D eigenvalue weighted by molar-refractivity contribution is 0.315. The number of aryl methyl sites for hydroxylation is 1. The van der Waals surface area contributed by atoms with Crippen LogP contribution >= 0.6 is 11.6 Å². The molecule has 4 heteroatoms. The molecule has 1 aliphatic rings. The van der Waals surface area contributed by atoms with E-state index in [1.54, 1.807) is 6.07 Å². The zero-order valence-electron chi connectivity index (χ0n) is 14.6. The fraction of sp³-hybridized carbons (Fsp3) is 0.381. The van der Waals surface area contributed by atoms with Crippen LogP contribution in [0.15, 0.2) is 30.3 Å². The van der Waals surface area contributed by atoms with Gasteiger partial charge in [-0.15, -0.1) is 0 Å². The topological polar surface area (TPSA) is 27.0 Å². The van der Waals surface area contributed by atoms with Gasteiger partial charge in [-0.05, 0) is 55.1 Å². The second-order valence-electron chi connectivity index (χ2n) is 6.89. The lowest BCUT2D eigenvalue weighted by Gasteiger charge is -2.19. The van der Waals surface area contributed by atoms with Crippen molar-refractivity contribution in [3.63, 3.8) is 0 Å². The summed E-state index contributed by atoms with van der Waals surface area (Å²) in [7, 11) is 0. The van der Waals surface area contributed by atoms with E-state index in [-0.39, 0.29) is 5.56 Å². The van der Waals surface area contributed by atoms with Crippen LogP contribution in [0.5, 0.6) is 0 Å². The van der Waals surface area contributed by atoms with Crippen molar-refractivity contribution >= 4 is 11.6 Å². The van der Waals surface area contributed by atoms with Gasteiger partial charge in [0.15, 0.2) is 0 Å². The minimum atomic E-state index is -0.510. The number of nitrogens with zero attached hydrogens (tertiary/aromatic N) is 2. The largest absolute Gasteiger partial charge is 0.299 e. The van der Waals surface area contributed by atoms with Gasteiger partial charge in [-0.25, -0.2) is 4.39 Å². The van der Waals surface area contributed by atoms with E-state index in [0.29, 0.717) is 10.6 Å². The first-order valence-electron chi connectivity index (χ1n) is 8.73. The normalized spacial score (nSPS) is 17.6. The Morgan fingerprint density at radius 3 is 2.76 bits per heavy atom. The summed E-state index contributed by atoms with van der Waals surface area (Å²) in [6.07, 6.45) is 2.46. The van der Waals surface area contributed by atoms with Crippen LogP contribution in [0.1, 0.15) is 36.5 Å². The standard InChI is InChI=1S/C21H22ClFN2/c1-3-15-6-7-25(12-15)13-18-8-14(2)9-19(21(18)22)16-4-5-17(11-24)20(23)10-16/h4-5,8-10,15H,3,6-7,12-13H2,1-2H3. The second kappa shape index (κ2) is 7.56. The van der Waals surface area contributed by atoms with Crippen molar-refractivity contribution in [2.75, 3.05) is 13.1 Å². The fourth-order valence-electron chi connectivity index (χ4n) is 3.57. The van der Waals surface area contributed by atoms with Gasteiger partial charge in [0.1, 0.15) is 11.9 Å². The summed E-state index contributed by atoms with van der Waals surface area (Å²) in [5.41, 5.74) is 3.77. The predicted molar refractivity (Wildman–Crippen MR) is 100.0 cm³/mol. The molecule has 2 nitrogen and oxygen atoms in total. The number of nitriles is 1. The van der Waals surface area contributed by atoms with Crippen LogP contribution in [0, 0.1) is 30.0 Å². The molecular weight excluding hydrogens is 335 g/mol. The van der Waals surface area contributed by atoms with E-state index in [0.717, 1.165) is 42.2 Å². The van der Waals surface area contributed by atoms with Gasteiger partial charge in [0.2, 0.25) is 0 Å². The van der Waals surface area contributed by atoms with Gasteiger partial charge in [0.25, 0.3) is 0 Å². The van der Waals surface area contributed by atoms with Gasteiger partial charge in [0, 0.05) is 18.7 Å². The summed E-state index contributed by atoms with van der Waals surface area (Å²) in [5, 5.41) is 9.58. The molecule has 1 fully saturated rings. The zero-order valence-corrected chi connectivity index (χ0v) is 15.4. The molecule has 2 aromatic rings. The van der Waals surface area contributed by atoms with Gasteiger partial charge in [-0.3, -0.25) is 4.90 Å². The Hall–Kier alpha value is -1.89. The number of rotatable bonds is 4. The summed E-state index contributed by atoms with van der Waals surface area (Å²) in [4.78, 5) is 2.44. The number of benzene rings is 2. The molecule has 0 aromatic heterocycles. The Balaban J connectivity index is 1.92. The van der Waals surface area contributed by atoms with Gasteiger partial charge in [-0.1, -0.05) is 42.6 Å². The Morgan fingerprint density at radius 2 is 2.12 bits per heavy atom. The number of halogens is 2. The molecule has 25 heavy (non-hydrogen) atoms. The van der Waals surface area contributed by atoms with Crippen molar-refractivity contribution in [2.24, 2.45) is 5.92 Å². The first kappa shape index (κ1) is 17.9. The first-order chi connectivity index (χ1) is 12.0. The van der Waals surface area contributed by atoms with E-state index < -0.39 is 5.82 Å². The Labute approximate surface area is 153 Å². The van der Waals surface area contributed by atoms with Crippen molar-refractivity contribution in [2.45, 2.75) is 33.2 Å². The predicted octanol–water partition coefficient (Wildman–Crippen LogP) is 5.56. The van der Waals surface area contributed by atoms with Crippen LogP contribution in [0.3, 0.4) is 0 Å². The van der Waals surface area contributed by atoms with Crippen LogP contribution in [0.4, 0.5) is 4.39 Å². The third-order valence-electron chi connectivity index (χ3n) is 5.03. The van der Waals surface area contributed by atoms with Gasteiger partial charge in [0.05, 0.1) is 10.6 Å². The summed E-state index contributed by atoms with van der Waals surface area (Å²) in [6.45, 7) is 7.31. The van der Waals surface area contributed by atoms with Crippen molar-refractivity contribution < 1.29 is 4.39 Å². The molecule has 0 N–H and O–H groups in total. The van der Waals surface area contributed by atoms with E-state index in [4.69, 9.17) is 16.9 Å². The summed E-state index contributed by atoms with van der Waals surface area (Å²) < 4.78 is 14.0. The van der Waals surface area contributed by atoms with Gasteiger partial charge < -0.3 is 0 Å². The lowest BCUT2D eigenvalue weighted by atomic mass is 9.98. The van der Waals surface area contributed by atoms with Crippen molar-refractivity contribution in [3.05, 3.63) is 57.9 Å². The third-order valence-corrected chi connectivity index (χ3v) is 5.48. The molecule has 0 aliphatic carbocycles. The number of likely N-dealkylation sites (tertiary alicyclic amines) is 1. The van der Waals surface area contributed by atoms with Gasteiger partial charge >= 0.3 is 0 Å². The Bertz CT molecular complexity index is 825. The molecule has 1 aliphatic heterocycles. The van der Waals surface area contributed by atoms with E-state index in [1.807, 2.05) is 19.1 Å². The molecule has 1 heterocycles. The van der Waals surface area contributed by atoms with Crippen molar-refractivity contribution in [1.82, 2.24) is 4.90 Å². The van der Waals surface area contributed by atoms with Crippen LogP contribution in [0.25, 0.3) is 11.1 Å². The number of hydrogen-bond donors (Lipinski definition) is 0. The molecule has 0 saturated carbocycles. The summed E-state index contributed by atoms with van der Waals surface area (Å²) >= 11 is 6.68. The maximum atomic E-state index is 14.0. The molecule has 1 unspecified atom stereocenters. The molecule has 0 amide bonds. The van der Waals surface area contributed by atoms with E-state index in [2.05, 4.69) is 17.9 Å². The SMILES string of the molecule is CCC1CCN(Cc2cc(C)cc(-c3ccc(C#N)c(F)c3)c2Cl)C1. The van der Waals surface area contributed by atoms with Gasteiger partial charge in [-0.2, -0.15) is 5.26 Å². The Kier molecular flexibility index (Phi) is 5.42. The highest BCUT2D eigenvalue weighted by Gasteiger charge is 2.22. The van der Waals surface area contributed by atoms with Crippen molar-refractivity contribution in [3.8, 4) is 17.2 Å². The molecule has 0 radical (unpaired) electrons. The third kappa shape index (κ3) is 3.86. The minimum Gasteiger partial charge on any atom is -0.299 e. The average molecular weight is 357 g/mol. The highest BCUT2D eigenvalue weighted by atomic mass is 35.5. The molecule has 3 rings (SSSR count). The Morgan fingerprint density at radius 1 is 1.32 bits per heavy atom. The molecule has 0 bridgehead atoms. The average Bonchev–Trinajstić information content (AvgIpc) is 3.05. The van der Waals surface area contributed by atoms with Crippen LogP contribution in [-0.4, -0.2) is 18.0 Å².